The normalized spacial score (nSPS) is 29.4. The van der Waals surface area contributed by atoms with Crippen LogP contribution in [-0.2, 0) is 6.54 Å². The van der Waals surface area contributed by atoms with Gasteiger partial charge in [0.2, 0.25) is 0 Å². The Morgan fingerprint density at radius 3 is 2.60 bits per heavy atom. The van der Waals surface area contributed by atoms with Gasteiger partial charge in [-0.1, -0.05) is 18.6 Å². The summed E-state index contributed by atoms with van der Waals surface area (Å²) in [4.78, 5) is 12.3. The molecule has 2 bridgehead atoms. The summed E-state index contributed by atoms with van der Waals surface area (Å²) >= 11 is 0. The van der Waals surface area contributed by atoms with Gasteiger partial charge in [0.1, 0.15) is 0 Å². The molecule has 1 aromatic rings. The minimum Gasteiger partial charge on any atom is -0.349 e. The minimum absolute atomic E-state index is 0.0452. The van der Waals surface area contributed by atoms with E-state index in [0.717, 1.165) is 23.0 Å². The lowest BCUT2D eigenvalue weighted by atomic mass is 9.84. The number of fused-ring (bicyclic) bond motifs is 2. The molecule has 1 aromatic carbocycles. The van der Waals surface area contributed by atoms with Gasteiger partial charge in [0.15, 0.2) is 0 Å². The third kappa shape index (κ3) is 2.59. The Bertz CT molecular complexity index is 482. The molecule has 4 atom stereocenters. The van der Waals surface area contributed by atoms with Crippen molar-refractivity contribution in [2.24, 2.45) is 23.5 Å². The first-order valence-corrected chi connectivity index (χ1v) is 7.77. The summed E-state index contributed by atoms with van der Waals surface area (Å²) in [5.74, 6) is 2.49. The molecule has 3 N–H and O–H groups in total. The van der Waals surface area contributed by atoms with E-state index in [0.29, 0.717) is 12.5 Å². The van der Waals surface area contributed by atoms with Crippen molar-refractivity contribution in [2.45, 2.75) is 45.2 Å². The molecular weight excluding hydrogens is 248 g/mol. The van der Waals surface area contributed by atoms with Gasteiger partial charge in [-0.3, -0.25) is 4.79 Å². The number of carbonyl (C=O) groups excluding carboxylic acids is 1. The van der Waals surface area contributed by atoms with Crippen LogP contribution in [0.1, 0.15) is 48.5 Å². The molecule has 0 spiro atoms. The zero-order valence-electron chi connectivity index (χ0n) is 12.1. The molecule has 2 aliphatic rings. The van der Waals surface area contributed by atoms with Crippen molar-refractivity contribution >= 4 is 5.91 Å². The lowest BCUT2D eigenvalue weighted by molar-refractivity contribution is 0.0915. The van der Waals surface area contributed by atoms with E-state index in [-0.39, 0.29) is 11.9 Å². The van der Waals surface area contributed by atoms with Crippen LogP contribution in [0.4, 0.5) is 0 Å². The standard InChI is InChI=1S/C17H24N2O/c1-11(16-9-13-4-7-15(16)8-13)19-17(20)14-5-2-12(10-18)3-6-14/h2-3,5-6,11,13,15-16H,4,7-10,18H2,1H3,(H,19,20). The third-order valence-electron chi connectivity index (χ3n) is 5.25. The molecule has 3 rings (SSSR count). The van der Waals surface area contributed by atoms with Gasteiger partial charge in [-0.15, -0.1) is 0 Å². The van der Waals surface area contributed by atoms with Crippen molar-refractivity contribution in [3.8, 4) is 0 Å². The first-order valence-electron chi connectivity index (χ1n) is 7.77. The smallest absolute Gasteiger partial charge is 0.251 e. The zero-order chi connectivity index (χ0) is 14.1. The lowest BCUT2D eigenvalue weighted by Gasteiger charge is -2.28. The monoisotopic (exact) mass is 272 g/mol. The highest BCUT2D eigenvalue weighted by atomic mass is 16.1. The fraction of sp³-hybridized carbons (Fsp3) is 0.588. The fourth-order valence-corrected chi connectivity index (χ4v) is 4.10. The number of hydrogen-bond donors (Lipinski definition) is 2. The number of benzene rings is 1. The highest BCUT2D eigenvalue weighted by molar-refractivity contribution is 5.94. The second kappa shape index (κ2) is 5.57. The van der Waals surface area contributed by atoms with Gasteiger partial charge in [-0.25, -0.2) is 0 Å². The largest absolute Gasteiger partial charge is 0.349 e. The minimum atomic E-state index is 0.0452. The van der Waals surface area contributed by atoms with E-state index in [1.807, 2.05) is 24.3 Å². The van der Waals surface area contributed by atoms with E-state index < -0.39 is 0 Å². The molecule has 3 nitrogen and oxygen atoms in total. The average molecular weight is 272 g/mol. The van der Waals surface area contributed by atoms with Gasteiger partial charge < -0.3 is 11.1 Å². The van der Waals surface area contributed by atoms with Crippen molar-refractivity contribution in [3.63, 3.8) is 0 Å². The molecule has 108 valence electrons. The summed E-state index contributed by atoms with van der Waals surface area (Å²) in [6.07, 6.45) is 5.46. The van der Waals surface area contributed by atoms with Crippen LogP contribution in [0.15, 0.2) is 24.3 Å². The van der Waals surface area contributed by atoms with E-state index in [9.17, 15) is 4.79 Å². The van der Waals surface area contributed by atoms with Crippen LogP contribution in [-0.4, -0.2) is 11.9 Å². The molecule has 3 heteroatoms. The molecule has 2 aliphatic carbocycles. The molecule has 0 heterocycles. The number of hydrogen-bond acceptors (Lipinski definition) is 2. The van der Waals surface area contributed by atoms with E-state index in [1.165, 1.54) is 25.7 Å². The van der Waals surface area contributed by atoms with Crippen LogP contribution in [0.2, 0.25) is 0 Å². The van der Waals surface area contributed by atoms with Crippen molar-refractivity contribution < 1.29 is 4.79 Å². The Morgan fingerprint density at radius 1 is 1.30 bits per heavy atom. The summed E-state index contributed by atoms with van der Waals surface area (Å²) in [5.41, 5.74) is 7.37. The molecule has 2 fully saturated rings. The molecule has 4 unspecified atom stereocenters. The van der Waals surface area contributed by atoms with E-state index in [1.54, 1.807) is 0 Å². The maximum atomic E-state index is 12.3. The van der Waals surface area contributed by atoms with E-state index in [4.69, 9.17) is 5.73 Å². The number of nitrogens with two attached hydrogens (primary N) is 1. The SMILES string of the molecule is CC(NC(=O)c1ccc(CN)cc1)C1CC2CCC1C2. The van der Waals surface area contributed by atoms with Crippen molar-refractivity contribution in [2.75, 3.05) is 0 Å². The molecule has 0 aromatic heterocycles. The molecule has 0 radical (unpaired) electrons. The summed E-state index contributed by atoms with van der Waals surface area (Å²) in [7, 11) is 0. The summed E-state index contributed by atoms with van der Waals surface area (Å²) in [5, 5.41) is 3.19. The second-order valence-corrected chi connectivity index (χ2v) is 6.50. The van der Waals surface area contributed by atoms with Gasteiger partial charge >= 0.3 is 0 Å². The number of amides is 1. The van der Waals surface area contributed by atoms with Crippen LogP contribution >= 0.6 is 0 Å². The number of rotatable bonds is 4. The van der Waals surface area contributed by atoms with Gasteiger partial charge in [0.05, 0.1) is 0 Å². The van der Waals surface area contributed by atoms with Crippen LogP contribution in [0.3, 0.4) is 0 Å². The molecule has 20 heavy (non-hydrogen) atoms. The third-order valence-corrected chi connectivity index (χ3v) is 5.25. The summed E-state index contributed by atoms with van der Waals surface area (Å²) in [6, 6.07) is 7.87. The van der Waals surface area contributed by atoms with Gasteiger partial charge in [0.25, 0.3) is 5.91 Å². The molecule has 2 saturated carbocycles. The predicted molar refractivity (Wildman–Crippen MR) is 80.2 cm³/mol. The Labute approximate surface area is 120 Å². The lowest BCUT2D eigenvalue weighted by Crippen LogP contribution is -2.40. The van der Waals surface area contributed by atoms with E-state index >= 15 is 0 Å². The number of nitrogens with one attached hydrogen (secondary N) is 1. The van der Waals surface area contributed by atoms with Crippen LogP contribution in [0.25, 0.3) is 0 Å². The maximum absolute atomic E-state index is 12.3. The quantitative estimate of drug-likeness (QED) is 0.885. The highest BCUT2D eigenvalue weighted by Gasteiger charge is 2.42. The molecule has 1 amide bonds. The Balaban J connectivity index is 1.60. The average Bonchev–Trinajstić information content (AvgIpc) is 3.10. The fourth-order valence-electron chi connectivity index (χ4n) is 4.10. The summed E-state index contributed by atoms with van der Waals surface area (Å²) < 4.78 is 0. The van der Waals surface area contributed by atoms with Gasteiger partial charge in [-0.2, -0.15) is 0 Å². The Kier molecular flexibility index (Phi) is 3.79. The van der Waals surface area contributed by atoms with E-state index in [2.05, 4.69) is 12.2 Å². The maximum Gasteiger partial charge on any atom is 0.251 e. The highest BCUT2D eigenvalue weighted by Crippen LogP contribution is 2.49. The molecule has 0 saturated heterocycles. The van der Waals surface area contributed by atoms with Gasteiger partial charge in [0, 0.05) is 18.2 Å². The first-order chi connectivity index (χ1) is 9.67. The second-order valence-electron chi connectivity index (χ2n) is 6.50. The summed E-state index contributed by atoms with van der Waals surface area (Å²) in [6.45, 7) is 2.68. The Morgan fingerprint density at radius 2 is 2.05 bits per heavy atom. The van der Waals surface area contributed by atoms with Crippen molar-refractivity contribution in [1.82, 2.24) is 5.32 Å². The zero-order valence-corrected chi connectivity index (χ0v) is 12.1. The van der Waals surface area contributed by atoms with Gasteiger partial charge in [-0.05, 0) is 61.6 Å². The first kappa shape index (κ1) is 13.6. The Hall–Kier alpha value is -1.35. The van der Waals surface area contributed by atoms with Crippen molar-refractivity contribution in [3.05, 3.63) is 35.4 Å². The number of carbonyl (C=O) groups is 1. The van der Waals surface area contributed by atoms with Crippen molar-refractivity contribution in [1.29, 1.82) is 0 Å². The molecule has 0 aliphatic heterocycles. The molecular formula is C17H24N2O. The van der Waals surface area contributed by atoms with Crippen LogP contribution in [0.5, 0.6) is 0 Å². The predicted octanol–water partition coefficient (Wildman–Crippen LogP) is 2.70. The van der Waals surface area contributed by atoms with Crippen LogP contribution < -0.4 is 11.1 Å². The van der Waals surface area contributed by atoms with Crippen LogP contribution in [0, 0.1) is 17.8 Å². The topological polar surface area (TPSA) is 55.1 Å².